The summed E-state index contributed by atoms with van der Waals surface area (Å²) in [6, 6.07) is 6.81. The summed E-state index contributed by atoms with van der Waals surface area (Å²) >= 11 is 12.2. The topological polar surface area (TPSA) is 105 Å². The quantitative estimate of drug-likeness (QED) is 0.598. The lowest BCUT2D eigenvalue weighted by atomic mass is 10.1. The Balaban J connectivity index is 1.86. The van der Waals surface area contributed by atoms with Crippen molar-refractivity contribution in [1.82, 2.24) is 5.32 Å². The number of hydrazone groups is 1. The third-order valence-electron chi connectivity index (χ3n) is 4.33. The average molecular weight is 421 g/mol. The fourth-order valence-corrected chi connectivity index (χ4v) is 3.14. The van der Waals surface area contributed by atoms with Crippen molar-refractivity contribution in [2.45, 2.75) is 20.3 Å². The van der Waals surface area contributed by atoms with Crippen molar-refractivity contribution in [3.05, 3.63) is 67.2 Å². The molecular formula is C18H14Cl2N4O4. The Hall–Kier alpha value is -2.97. The lowest BCUT2D eigenvalue weighted by Crippen LogP contribution is -2.29. The first-order valence-corrected chi connectivity index (χ1v) is 8.86. The number of benzene rings is 2. The van der Waals surface area contributed by atoms with E-state index in [1.54, 1.807) is 19.9 Å². The molecule has 1 aliphatic rings. The smallest absolute Gasteiger partial charge is 0.270 e. The van der Waals surface area contributed by atoms with Crippen LogP contribution in [0.2, 0.25) is 10.0 Å². The highest BCUT2D eigenvalue weighted by Crippen LogP contribution is 2.36. The molecule has 0 saturated carbocycles. The molecule has 0 spiro atoms. The first-order chi connectivity index (χ1) is 13.2. The molecule has 0 fully saturated rings. The molecule has 0 saturated heterocycles. The van der Waals surface area contributed by atoms with E-state index in [4.69, 9.17) is 23.2 Å². The molecule has 2 aromatic rings. The minimum absolute atomic E-state index is 0.0874. The van der Waals surface area contributed by atoms with Crippen molar-refractivity contribution in [2.75, 3.05) is 5.01 Å². The summed E-state index contributed by atoms with van der Waals surface area (Å²) in [7, 11) is 0. The molecule has 0 bridgehead atoms. The monoisotopic (exact) mass is 420 g/mol. The van der Waals surface area contributed by atoms with Gasteiger partial charge in [-0.15, -0.1) is 0 Å². The lowest BCUT2D eigenvalue weighted by molar-refractivity contribution is -0.384. The highest BCUT2D eigenvalue weighted by atomic mass is 35.5. The van der Waals surface area contributed by atoms with E-state index in [1.807, 2.05) is 0 Å². The molecule has 1 N–H and O–H groups in total. The van der Waals surface area contributed by atoms with Gasteiger partial charge in [-0.05, 0) is 37.1 Å². The zero-order chi connectivity index (χ0) is 20.6. The van der Waals surface area contributed by atoms with Crippen molar-refractivity contribution in [3.8, 4) is 0 Å². The lowest BCUT2D eigenvalue weighted by Gasteiger charge is -2.17. The number of amidine groups is 1. The molecule has 1 heterocycles. The predicted molar refractivity (Wildman–Crippen MR) is 106 cm³/mol. The first-order valence-electron chi connectivity index (χ1n) is 8.10. The molecule has 0 aromatic heterocycles. The van der Waals surface area contributed by atoms with Crippen LogP contribution in [0.4, 0.5) is 11.4 Å². The summed E-state index contributed by atoms with van der Waals surface area (Å²) in [5.41, 5.74) is 1.81. The summed E-state index contributed by atoms with van der Waals surface area (Å²) in [4.78, 5) is 35.0. The summed E-state index contributed by atoms with van der Waals surface area (Å²) in [5.74, 6) is -0.820. The molecule has 144 valence electrons. The van der Waals surface area contributed by atoms with Gasteiger partial charge in [0.05, 0.1) is 27.1 Å². The number of nitrogens with one attached hydrogen (secondary N) is 1. The van der Waals surface area contributed by atoms with Crippen LogP contribution in [-0.2, 0) is 4.79 Å². The number of nitro groups is 1. The molecule has 28 heavy (non-hydrogen) atoms. The van der Waals surface area contributed by atoms with Crippen LogP contribution >= 0.6 is 23.2 Å². The fourth-order valence-electron chi connectivity index (χ4n) is 2.70. The number of halogens is 2. The summed E-state index contributed by atoms with van der Waals surface area (Å²) in [6.45, 7) is 3.57. The molecule has 0 unspecified atom stereocenters. The number of nitrogens with zero attached hydrogens (tertiary/aromatic N) is 3. The fraction of sp³-hybridized carbons (Fsp3) is 0.167. The largest absolute Gasteiger partial charge is 0.308 e. The van der Waals surface area contributed by atoms with Gasteiger partial charge < -0.3 is 5.32 Å². The van der Waals surface area contributed by atoms with Gasteiger partial charge in [-0.2, -0.15) is 10.1 Å². The molecule has 2 aromatic carbocycles. The van der Waals surface area contributed by atoms with Crippen molar-refractivity contribution in [3.63, 3.8) is 0 Å². The molecular weight excluding hydrogens is 407 g/mol. The molecule has 2 amide bonds. The highest BCUT2D eigenvalue weighted by Gasteiger charge is 2.29. The predicted octanol–water partition coefficient (Wildman–Crippen LogP) is 4.00. The van der Waals surface area contributed by atoms with E-state index in [-0.39, 0.29) is 34.4 Å². The first kappa shape index (κ1) is 19.8. The van der Waals surface area contributed by atoms with Crippen molar-refractivity contribution in [2.24, 2.45) is 5.10 Å². The summed E-state index contributed by atoms with van der Waals surface area (Å²) in [6.07, 6.45) is -0.126. The van der Waals surface area contributed by atoms with Gasteiger partial charge in [-0.1, -0.05) is 29.3 Å². The van der Waals surface area contributed by atoms with Crippen LogP contribution in [0, 0.1) is 24.0 Å². The Morgan fingerprint density at radius 2 is 1.96 bits per heavy atom. The van der Waals surface area contributed by atoms with Crippen molar-refractivity contribution >= 4 is 52.2 Å². The number of carbonyl (C=O) groups is 2. The number of amides is 2. The zero-order valence-corrected chi connectivity index (χ0v) is 16.3. The number of non-ortho nitro benzene ring substituents is 1. The Bertz CT molecular complexity index is 1050. The van der Waals surface area contributed by atoms with Crippen LogP contribution in [0.5, 0.6) is 0 Å². The third kappa shape index (κ3) is 3.69. The van der Waals surface area contributed by atoms with Crippen molar-refractivity contribution < 1.29 is 14.5 Å². The number of nitro benzene ring substituents is 1. The highest BCUT2D eigenvalue weighted by molar-refractivity contribution is 6.42. The van der Waals surface area contributed by atoms with Crippen LogP contribution in [0.1, 0.15) is 27.9 Å². The number of rotatable bonds is 3. The molecule has 3 rings (SSSR count). The molecule has 8 nitrogen and oxygen atoms in total. The van der Waals surface area contributed by atoms with Gasteiger partial charge in [0, 0.05) is 17.7 Å². The molecule has 0 aliphatic carbocycles. The van der Waals surface area contributed by atoms with Gasteiger partial charge in [0.25, 0.3) is 17.5 Å². The Morgan fingerprint density at radius 3 is 2.64 bits per heavy atom. The van der Waals surface area contributed by atoms with Gasteiger partial charge in [-0.3, -0.25) is 19.7 Å². The van der Waals surface area contributed by atoms with Crippen LogP contribution < -0.4 is 10.3 Å². The number of hydrogen-bond donors (Lipinski definition) is 1. The molecule has 0 atom stereocenters. The summed E-state index contributed by atoms with van der Waals surface area (Å²) in [5, 5.41) is 19.4. The number of carbonyl (C=O) groups excluding carboxylic acids is 2. The second-order valence-corrected chi connectivity index (χ2v) is 6.92. The Kier molecular flexibility index (Phi) is 5.35. The van der Waals surface area contributed by atoms with Crippen molar-refractivity contribution in [1.29, 1.82) is 0 Å². The van der Waals surface area contributed by atoms with Gasteiger partial charge >= 0.3 is 0 Å². The minimum Gasteiger partial charge on any atom is -0.308 e. The summed E-state index contributed by atoms with van der Waals surface area (Å²) < 4.78 is 0. The SMILES string of the molecule is Cc1c(N2N=C(NC(=O)c3cccc([N+](=O)[O-])c3)CC2=O)cc(Cl)c(Cl)c1C. The van der Waals surface area contributed by atoms with Crippen LogP contribution in [0.15, 0.2) is 35.4 Å². The van der Waals surface area contributed by atoms with Crippen LogP contribution in [0.25, 0.3) is 0 Å². The van der Waals surface area contributed by atoms with Crippen LogP contribution in [0.3, 0.4) is 0 Å². The van der Waals surface area contributed by atoms with Crippen LogP contribution in [-0.4, -0.2) is 22.6 Å². The number of anilines is 1. The van der Waals surface area contributed by atoms with E-state index >= 15 is 0 Å². The minimum atomic E-state index is -0.598. The average Bonchev–Trinajstić information content (AvgIpc) is 3.02. The second-order valence-electron chi connectivity index (χ2n) is 6.13. The maximum atomic E-state index is 12.4. The Morgan fingerprint density at radius 1 is 1.25 bits per heavy atom. The number of hydrogen-bond acceptors (Lipinski definition) is 5. The molecule has 10 heteroatoms. The maximum Gasteiger partial charge on any atom is 0.270 e. The molecule has 0 radical (unpaired) electrons. The van der Waals surface area contributed by atoms with Gasteiger partial charge in [0.2, 0.25) is 0 Å². The van der Waals surface area contributed by atoms with E-state index in [9.17, 15) is 19.7 Å². The van der Waals surface area contributed by atoms with Gasteiger partial charge in [0.1, 0.15) is 5.84 Å². The molecule has 1 aliphatic heterocycles. The zero-order valence-electron chi connectivity index (χ0n) is 14.8. The van der Waals surface area contributed by atoms with E-state index in [0.29, 0.717) is 10.7 Å². The van der Waals surface area contributed by atoms with E-state index in [1.165, 1.54) is 18.2 Å². The normalized spacial score (nSPS) is 13.5. The second kappa shape index (κ2) is 7.57. The Labute approximate surface area is 169 Å². The van der Waals surface area contributed by atoms with E-state index < -0.39 is 10.8 Å². The van der Waals surface area contributed by atoms with E-state index in [2.05, 4.69) is 10.4 Å². The third-order valence-corrected chi connectivity index (χ3v) is 5.21. The maximum absolute atomic E-state index is 12.4. The van der Waals surface area contributed by atoms with Gasteiger partial charge in [0.15, 0.2) is 0 Å². The van der Waals surface area contributed by atoms with E-state index in [0.717, 1.165) is 22.2 Å². The van der Waals surface area contributed by atoms with Gasteiger partial charge in [-0.25, -0.2) is 0 Å². The standard InChI is InChI=1S/C18H14Cl2N4O4/c1-9-10(2)17(20)13(19)7-14(9)23-16(25)8-15(22-23)21-18(26)11-4-3-5-12(6-11)24(27)28/h3-7H,8H2,1-2H3,(H,21,22,26).